The van der Waals surface area contributed by atoms with Crippen LogP contribution in [0.1, 0.15) is 37.7 Å². The molecule has 0 radical (unpaired) electrons. The molecular formula is C14H20N4. The van der Waals surface area contributed by atoms with E-state index in [9.17, 15) is 0 Å². The van der Waals surface area contributed by atoms with Crippen molar-refractivity contribution in [2.45, 2.75) is 39.0 Å². The van der Waals surface area contributed by atoms with Crippen molar-refractivity contribution in [2.75, 3.05) is 11.9 Å². The molecule has 1 saturated carbocycles. The molecule has 1 fully saturated rings. The largest absolute Gasteiger partial charge is 0.353 e. The van der Waals surface area contributed by atoms with Crippen molar-refractivity contribution in [3.8, 4) is 0 Å². The molecule has 1 aliphatic carbocycles. The second-order valence-electron chi connectivity index (χ2n) is 5.31. The molecule has 96 valence electrons. The van der Waals surface area contributed by atoms with Gasteiger partial charge in [-0.3, -0.25) is 0 Å². The summed E-state index contributed by atoms with van der Waals surface area (Å²) in [6.45, 7) is 3.06. The van der Waals surface area contributed by atoms with Crippen LogP contribution in [0.4, 0.5) is 5.95 Å². The third-order valence-electron chi connectivity index (χ3n) is 3.80. The lowest BCUT2D eigenvalue weighted by molar-refractivity contribution is 0.518. The molecule has 0 bridgehead atoms. The van der Waals surface area contributed by atoms with Crippen LogP contribution in [0.15, 0.2) is 18.3 Å². The maximum absolute atomic E-state index is 4.48. The molecule has 18 heavy (non-hydrogen) atoms. The van der Waals surface area contributed by atoms with E-state index < -0.39 is 0 Å². The highest BCUT2D eigenvalue weighted by atomic mass is 15.3. The lowest BCUT2D eigenvalue weighted by Crippen LogP contribution is -2.07. The average Bonchev–Trinajstić information content (AvgIpc) is 2.97. The Balaban J connectivity index is 1.60. The maximum atomic E-state index is 4.48. The summed E-state index contributed by atoms with van der Waals surface area (Å²) < 4.78 is 1.82. The molecule has 2 aromatic heterocycles. The van der Waals surface area contributed by atoms with Crippen molar-refractivity contribution in [2.24, 2.45) is 5.92 Å². The number of aromatic nitrogens is 3. The SMILES string of the molecule is Cc1ccn2nc(NCCC3CCCC3)nc2c1. The fourth-order valence-electron chi connectivity index (χ4n) is 2.75. The van der Waals surface area contributed by atoms with Gasteiger partial charge in [0.1, 0.15) is 0 Å². The van der Waals surface area contributed by atoms with Crippen LogP contribution in [0.25, 0.3) is 5.65 Å². The van der Waals surface area contributed by atoms with Crippen molar-refractivity contribution in [1.82, 2.24) is 14.6 Å². The summed E-state index contributed by atoms with van der Waals surface area (Å²) in [5.41, 5.74) is 2.13. The van der Waals surface area contributed by atoms with E-state index in [1.54, 1.807) is 0 Å². The van der Waals surface area contributed by atoms with Crippen molar-refractivity contribution in [3.05, 3.63) is 23.9 Å². The number of hydrogen-bond acceptors (Lipinski definition) is 3. The smallest absolute Gasteiger partial charge is 0.243 e. The second kappa shape index (κ2) is 4.96. The molecular weight excluding hydrogens is 224 g/mol. The van der Waals surface area contributed by atoms with Crippen LogP contribution in [-0.2, 0) is 0 Å². The third kappa shape index (κ3) is 2.47. The van der Waals surface area contributed by atoms with Crippen molar-refractivity contribution in [1.29, 1.82) is 0 Å². The highest BCUT2D eigenvalue weighted by molar-refractivity contribution is 5.45. The van der Waals surface area contributed by atoms with Crippen LogP contribution >= 0.6 is 0 Å². The second-order valence-corrected chi connectivity index (χ2v) is 5.31. The van der Waals surface area contributed by atoms with Gasteiger partial charge in [-0.25, -0.2) is 4.52 Å². The van der Waals surface area contributed by atoms with Gasteiger partial charge in [-0.15, -0.1) is 5.10 Å². The lowest BCUT2D eigenvalue weighted by Gasteiger charge is -2.07. The molecule has 4 nitrogen and oxygen atoms in total. The minimum absolute atomic E-state index is 0.749. The third-order valence-corrected chi connectivity index (χ3v) is 3.80. The predicted octanol–water partition coefficient (Wildman–Crippen LogP) is 3.03. The fraction of sp³-hybridized carbons (Fsp3) is 0.571. The van der Waals surface area contributed by atoms with E-state index in [-0.39, 0.29) is 0 Å². The monoisotopic (exact) mass is 244 g/mol. The zero-order valence-corrected chi connectivity index (χ0v) is 10.9. The molecule has 0 unspecified atom stereocenters. The number of nitrogens with zero attached hydrogens (tertiary/aromatic N) is 3. The van der Waals surface area contributed by atoms with E-state index in [1.807, 2.05) is 16.8 Å². The summed E-state index contributed by atoms with van der Waals surface area (Å²) in [4.78, 5) is 4.48. The topological polar surface area (TPSA) is 42.2 Å². The van der Waals surface area contributed by atoms with Gasteiger partial charge in [0.15, 0.2) is 5.65 Å². The van der Waals surface area contributed by atoms with Gasteiger partial charge in [0.2, 0.25) is 5.95 Å². The number of pyridine rings is 1. The molecule has 0 saturated heterocycles. The molecule has 0 spiro atoms. The van der Waals surface area contributed by atoms with Gasteiger partial charge in [0.05, 0.1) is 0 Å². The zero-order valence-electron chi connectivity index (χ0n) is 10.9. The Hall–Kier alpha value is -1.58. The Morgan fingerprint density at radius 3 is 3.06 bits per heavy atom. The summed E-state index contributed by atoms with van der Waals surface area (Å²) in [6.07, 6.45) is 8.83. The van der Waals surface area contributed by atoms with Crippen LogP contribution in [0.5, 0.6) is 0 Å². The summed E-state index contributed by atoms with van der Waals surface area (Å²) in [5.74, 6) is 1.66. The standard InChI is InChI=1S/C14H20N4/c1-11-7-9-18-13(10-11)16-14(17-18)15-8-6-12-4-2-3-5-12/h7,9-10,12H,2-6,8H2,1H3,(H,15,17). The maximum Gasteiger partial charge on any atom is 0.243 e. The number of anilines is 1. The number of hydrogen-bond donors (Lipinski definition) is 1. The first kappa shape index (κ1) is 11.5. The lowest BCUT2D eigenvalue weighted by atomic mass is 10.0. The molecule has 0 atom stereocenters. The Morgan fingerprint density at radius 2 is 2.22 bits per heavy atom. The molecule has 1 aliphatic rings. The van der Waals surface area contributed by atoms with Gasteiger partial charge < -0.3 is 5.32 Å². The van der Waals surface area contributed by atoms with Crippen LogP contribution in [-0.4, -0.2) is 21.1 Å². The molecule has 4 heteroatoms. The van der Waals surface area contributed by atoms with Gasteiger partial charge in [-0.1, -0.05) is 25.7 Å². The summed E-state index contributed by atoms with van der Waals surface area (Å²) in [5, 5.41) is 7.75. The van der Waals surface area contributed by atoms with Gasteiger partial charge >= 0.3 is 0 Å². The number of nitrogens with one attached hydrogen (secondary N) is 1. The van der Waals surface area contributed by atoms with Gasteiger partial charge in [-0.2, -0.15) is 4.98 Å². The number of aryl methyl sites for hydroxylation is 1. The van der Waals surface area contributed by atoms with Gasteiger partial charge in [0, 0.05) is 12.7 Å². The highest BCUT2D eigenvalue weighted by Gasteiger charge is 2.14. The molecule has 0 aliphatic heterocycles. The molecule has 1 N–H and O–H groups in total. The van der Waals surface area contributed by atoms with Crippen molar-refractivity contribution < 1.29 is 0 Å². The van der Waals surface area contributed by atoms with Crippen LogP contribution in [0.2, 0.25) is 0 Å². The Morgan fingerprint density at radius 1 is 1.39 bits per heavy atom. The predicted molar refractivity (Wildman–Crippen MR) is 72.8 cm³/mol. The minimum atomic E-state index is 0.749. The van der Waals surface area contributed by atoms with Crippen LogP contribution < -0.4 is 5.32 Å². The van der Waals surface area contributed by atoms with Crippen molar-refractivity contribution >= 4 is 11.6 Å². The van der Waals surface area contributed by atoms with Crippen molar-refractivity contribution in [3.63, 3.8) is 0 Å². The van der Waals surface area contributed by atoms with E-state index in [2.05, 4.69) is 28.4 Å². The molecule has 0 aromatic carbocycles. The highest BCUT2D eigenvalue weighted by Crippen LogP contribution is 2.27. The first-order chi connectivity index (χ1) is 8.81. The van der Waals surface area contributed by atoms with E-state index in [1.165, 1.54) is 37.7 Å². The molecule has 2 aromatic rings. The normalized spacial score (nSPS) is 16.5. The Kier molecular flexibility index (Phi) is 3.17. The fourth-order valence-corrected chi connectivity index (χ4v) is 2.75. The Labute approximate surface area is 107 Å². The Bertz CT molecular complexity index is 526. The van der Waals surface area contributed by atoms with E-state index in [4.69, 9.17) is 0 Å². The quantitative estimate of drug-likeness (QED) is 0.899. The minimum Gasteiger partial charge on any atom is -0.353 e. The van der Waals surface area contributed by atoms with E-state index in [0.29, 0.717) is 0 Å². The number of rotatable bonds is 4. The zero-order chi connectivity index (χ0) is 12.4. The molecule has 2 heterocycles. The van der Waals surface area contributed by atoms with Gasteiger partial charge in [-0.05, 0) is 37.0 Å². The first-order valence-corrected chi connectivity index (χ1v) is 6.88. The average molecular weight is 244 g/mol. The summed E-state index contributed by atoms with van der Waals surface area (Å²) in [7, 11) is 0. The van der Waals surface area contributed by atoms with Crippen LogP contribution in [0, 0.1) is 12.8 Å². The molecule has 0 amide bonds. The van der Waals surface area contributed by atoms with Crippen LogP contribution in [0.3, 0.4) is 0 Å². The van der Waals surface area contributed by atoms with E-state index >= 15 is 0 Å². The van der Waals surface area contributed by atoms with E-state index in [0.717, 1.165) is 24.1 Å². The summed E-state index contributed by atoms with van der Waals surface area (Å²) in [6, 6.07) is 4.10. The summed E-state index contributed by atoms with van der Waals surface area (Å²) >= 11 is 0. The first-order valence-electron chi connectivity index (χ1n) is 6.88. The molecule has 3 rings (SSSR count). The number of fused-ring (bicyclic) bond motifs is 1. The van der Waals surface area contributed by atoms with Gasteiger partial charge in [0.25, 0.3) is 0 Å².